The van der Waals surface area contributed by atoms with Crippen molar-refractivity contribution in [2.75, 3.05) is 16.8 Å². The van der Waals surface area contributed by atoms with Crippen molar-refractivity contribution in [3.8, 4) is 5.88 Å². The molecular formula is C43H41N9O7. The van der Waals surface area contributed by atoms with Crippen LogP contribution in [0, 0.1) is 11.8 Å². The van der Waals surface area contributed by atoms with E-state index in [0.717, 1.165) is 11.1 Å². The summed E-state index contributed by atoms with van der Waals surface area (Å²) in [6, 6.07) is 36.7. The van der Waals surface area contributed by atoms with E-state index in [0.29, 0.717) is 11.4 Å². The molecule has 7 rings (SSSR count). The number of ether oxygens (including phenoxy) is 4. The van der Waals surface area contributed by atoms with Crippen LogP contribution < -0.4 is 15.0 Å². The maximum Gasteiger partial charge on any atom is 0.425 e. The van der Waals surface area contributed by atoms with Gasteiger partial charge in [-0.2, -0.15) is 9.97 Å². The second-order valence-electron chi connectivity index (χ2n) is 13.9. The van der Waals surface area contributed by atoms with Crippen molar-refractivity contribution < 1.29 is 33.3 Å². The number of aromatic nitrogens is 4. The van der Waals surface area contributed by atoms with Crippen LogP contribution in [0.15, 0.2) is 133 Å². The van der Waals surface area contributed by atoms with Crippen molar-refractivity contribution >= 4 is 46.5 Å². The number of carbonyl (C=O) groups excluding carboxylic acids is 3. The molecule has 1 saturated heterocycles. The molecule has 0 aliphatic carbocycles. The number of azide groups is 1. The summed E-state index contributed by atoms with van der Waals surface area (Å²) in [5.74, 6) is -2.49. The van der Waals surface area contributed by atoms with Gasteiger partial charge in [0.1, 0.15) is 12.8 Å². The molecule has 0 spiro atoms. The van der Waals surface area contributed by atoms with E-state index >= 15 is 0 Å². The molecule has 1 aliphatic heterocycles. The Hall–Kier alpha value is -7.13. The van der Waals surface area contributed by atoms with Crippen molar-refractivity contribution in [1.82, 2.24) is 19.5 Å². The first kappa shape index (κ1) is 40.1. The van der Waals surface area contributed by atoms with E-state index in [-0.39, 0.29) is 55.1 Å². The minimum Gasteiger partial charge on any atom is -0.461 e. The zero-order valence-corrected chi connectivity index (χ0v) is 32.3. The highest BCUT2D eigenvalue weighted by atomic mass is 16.6. The lowest BCUT2D eigenvalue weighted by molar-refractivity contribution is -0.148. The van der Waals surface area contributed by atoms with Crippen LogP contribution in [-0.2, 0) is 37.0 Å². The van der Waals surface area contributed by atoms with E-state index in [9.17, 15) is 19.9 Å². The van der Waals surface area contributed by atoms with Crippen LogP contribution in [0.4, 0.5) is 22.1 Å². The van der Waals surface area contributed by atoms with Crippen molar-refractivity contribution in [2.24, 2.45) is 17.0 Å². The van der Waals surface area contributed by atoms with Crippen LogP contribution in [0.5, 0.6) is 5.88 Å². The molecule has 1 fully saturated rings. The van der Waals surface area contributed by atoms with Crippen molar-refractivity contribution in [1.29, 1.82) is 0 Å². The Kier molecular flexibility index (Phi) is 12.8. The summed E-state index contributed by atoms with van der Waals surface area (Å²) in [5.41, 5.74) is 12.2. The molecule has 2 aromatic heterocycles. The summed E-state index contributed by atoms with van der Waals surface area (Å²) in [6.45, 7) is 3.53. The topological polar surface area (TPSA) is 196 Å². The number of hydrogen-bond donors (Lipinski definition) is 1. The quantitative estimate of drug-likeness (QED) is 0.0457. The molecule has 16 heteroatoms. The predicted molar refractivity (Wildman–Crippen MR) is 217 cm³/mol. The van der Waals surface area contributed by atoms with Gasteiger partial charge in [-0.1, -0.05) is 116 Å². The molecule has 0 radical (unpaired) electrons. The largest absolute Gasteiger partial charge is 0.461 e. The monoisotopic (exact) mass is 795 g/mol. The van der Waals surface area contributed by atoms with Gasteiger partial charge in [0.15, 0.2) is 11.2 Å². The summed E-state index contributed by atoms with van der Waals surface area (Å²) < 4.78 is 26.4. The van der Waals surface area contributed by atoms with E-state index in [1.54, 1.807) is 66.9 Å². The lowest BCUT2D eigenvalue weighted by atomic mass is 9.95. The fourth-order valence-electron chi connectivity index (χ4n) is 6.64. The summed E-state index contributed by atoms with van der Waals surface area (Å²) in [6.07, 6.45) is -2.14. The Morgan fingerprint density at radius 3 is 2.05 bits per heavy atom. The molecule has 2 unspecified atom stereocenters. The van der Waals surface area contributed by atoms with E-state index in [4.69, 9.17) is 18.9 Å². The second-order valence-corrected chi connectivity index (χ2v) is 13.9. The summed E-state index contributed by atoms with van der Waals surface area (Å²) in [5, 5.41) is 6.51. The van der Waals surface area contributed by atoms with Gasteiger partial charge >= 0.3 is 12.1 Å². The first-order valence-corrected chi connectivity index (χ1v) is 19.0. The summed E-state index contributed by atoms with van der Waals surface area (Å²) >= 11 is 0. The van der Waals surface area contributed by atoms with Gasteiger partial charge in [0, 0.05) is 16.7 Å². The zero-order chi connectivity index (χ0) is 41.1. The summed E-state index contributed by atoms with van der Waals surface area (Å²) in [7, 11) is 0. The van der Waals surface area contributed by atoms with Crippen LogP contribution in [0.1, 0.15) is 37.6 Å². The van der Waals surface area contributed by atoms with Gasteiger partial charge in [0.2, 0.25) is 11.9 Å². The maximum absolute atomic E-state index is 14.2. The Labute approximate surface area is 339 Å². The third kappa shape index (κ3) is 9.71. The van der Waals surface area contributed by atoms with Crippen LogP contribution in [0.3, 0.4) is 0 Å². The molecular weight excluding hydrogens is 755 g/mol. The first-order chi connectivity index (χ1) is 28.8. The average Bonchev–Trinajstić information content (AvgIpc) is 3.83. The Morgan fingerprint density at radius 1 is 0.864 bits per heavy atom. The molecule has 0 saturated carbocycles. The third-order valence-electron chi connectivity index (χ3n) is 9.54. The molecule has 1 N–H and O–H groups in total. The predicted octanol–water partition coefficient (Wildman–Crippen LogP) is 8.30. The number of para-hydroxylation sites is 2. The highest BCUT2D eigenvalue weighted by Gasteiger charge is 2.48. The highest BCUT2D eigenvalue weighted by molar-refractivity contribution is 5.98. The van der Waals surface area contributed by atoms with Crippen LogP contribution in [0.25, 0.3) is 21.6 Å². The van der Waals surface area contributed by atoms with Crippen molar-refractivity contribution in [2.45, 2.75) is 51.9 Å². The second kappa shape index (κ2) is 18.9. The van der Waals surface area contributed by atoms with Gasteiger partial charge in [-0.05, 0) is 40.9 Å². The Morgan fingerprint density at radius 2 is 1.46 bits per heavy atom. The van der Waals surface area contributed by atoms with Gasteiger partial charge in [0.05, 0.1) is 49.5 Å². The SMILES string of the molecule is CC(C)C(=O)Nc1nc(OC(=O)N(c2ccccc2)c2ccccc2)c2ncn([C@@H]3O[C@H](CN=[N+]=[N-])C(OCc4ccccc4)C3CC(=O)OCc3ccccc3)c2n1. The molecule has 59 heavy (non-hydrogen) atoms. The van der Waals surface area contributed by atoms with E-state index in [1.165, 1.54) is 11.2 Å². The fraction of sp³-hybridized carbons (Fsp3) is 0.256. The number of amides is 2. The van der Waals surface area contributed by atoms with Crippen LogP contribution in [0.2, 0.25) is 0 Å². The van der Waals surface area contributed by atoms with Gasteiger partial charge in [-0.3, -0.25) is 19.5 Å². The lowest BCUT2D eigenvalue weighted by Gasteiger charge is -2.24. The maximum atomic E-state index is 14.2. The molecule has 1 aliphatic rings. The minimum absolute atomic E-state index is 0.0491. The molecule has 4 aromatic carbocycles. The normalized spacial score (nSPS) is 17.3. The average molecular weight is 796 g/mol. The van der Waals surface area contributed by atoms with E-state index in [2.05, 4.69) is 30.3 Å². The van der Waals surface area contributed by atoms with Crippen LogP contribution >= 0.6 is 0 Å². The number of anilines is 3. The molecule has 16 nitrogen and oxygen atoms in total. The Balaban J connectivity index is 1.28. The molecule has 4 atom stereocenters. The number of rotatable bonds is 15. The first-order valence-electron chi connectivity index (χ1n) is 19.0. The van der Waals surface area contributed by atoms with Crippen molar-refractivity contribution in [3.63, 3.8) is 0 Å². The minimum atomic E-state index is -0.999. The number of hydrogen-bond acceptors (Lipinski definition) is 11. The van der Waals surface area contributed by atoms with Gasteiger partial charge < -0.3 is 18.9 Å². The number of esters is 1. The number of imidazole rings is 1. The number of carbonyl (C=O) groups is 3. The standard InChI is InChI=1S/C43H41N9O7/c1-28(2)39(54)48-42-47-38-36(40(49-42)59-43(55)52(31-19-11-5-12-20-31)32-21-13-6-14-22-32)45-27-51(38)41-33(23-35(53)56-25-29-15-7-3-8-16-29)37(34(58-41)24-46-50-44)57-26-30-17-9-4-10-18-30/h3-22,27-28,33-34,37,41H,23-26H2,1-2H3,(H,47,48,49,54)/t33?,34-,37?,41-/m1/s1. The number of nitrogens with one attached hydrogen (secondary N) is 1. The lowest BCUT2D eigenvalue weighted by Crippen LogP contribution is -2.33. The third-order valence-corrected chi connectivity index (χ3v) is 9.54. The van der Waals surface area contributed by atoms with Gasteiger partial charge in [-0.25, -0.2) is 14.7 Å². The molecule has 6 aromatic rings. The molecule has 0 bridgehead atoms. The molecule has 3 heterocycles. The zero-order valence-electron chi connectivity index (χ0n) is 32.3. The fourth-order valence-corrected chi connectivity index (χ4v) is 6.64. The summed E-state index contributed by atoms with van der Waals surface area (Å²) in [4.78, 5) is 58.8. The number of benzene rings is 4. The number of nitrogens with zero attached hydrogens (tertiary/aromatic N) is 8. The Bertz CT molecular complexity index is 2370. The highest BCUT2D eigenvalue weighted by Crippen LogP contribution is 2.42. The van der Waals surface area contributed by atoms with Gasteiger partial charge in [-0.15, -0.1) is 0 Å². The van der Waals surface area contributed by atoms with E-state index in [1.807, 2.05) is 72.8 Å². The van der Waals surface area contributed by atoms with E-state index < -0.39 is 42.3 Å². The van der Waals surface area contributed by atoms with Gasteiger partial charge in [0.25, 0.3) is 5.88 Å². The molecule has 300 valence electrons. The van der Waals surface area contributed by atoms with Crippen LogP contribution in [-0.4, -0.2) is 56.2 Å². The number of fused-ring (bicyclic) bond motifs is 1. The smallest absolute Gasteiger partial charge is 0.425 e. The van der Waals surface area contributed by atoms with Crippen molar-refractivity contribution in [3.05, 3.63) is 149 Å². The molecule has 2 amide bonds.